The summed E-state index contributed by atoms with van der Waals surface area (Å²) in [5.74, 6) is 0. The third-order valence-electron chi connectivity index (χ3n) is 2.78. The third kappa shape index (κ3) is 3.86. The highest BCUT2D eigenvalue weighted by atomic mass is 35.5. The second-order valence-electron chi connectivity index (χ2n) is 4.21. The zero-order valence-electron chi connectivity index (χ0n) is 13.1. The van der Waals surface area contributed by atoms with E-state index in [2.05, 4.69) is 5.32 Å². The topological polar surface area (TPSA) is 12.0 Å². The van der Waals surface area contributed by atoms with Gasteiger partial charge in [0, 0.05) is 21.7 Å². The van der Waals surface area contributed by atoms with Gasteiger partial charge in [-0.1, -0.05) is 60.1 Å². The first kappa shape index (κ1) is 9.60. The minimum absolute atomic E-state index is 0.440. The summed E-state index contributed by atoms with van der Waals surface area (Å²) in [5.41, 5.74) is 1.91. The molecule has 0 spiro atoms. The highest BCUT2D eigenvalue weighted by molar-refractivity contribution is 6.31. The highest BCUT2D eigenvalue weighted by Gasteiger charge is 2.04. The van der Waals surface area contributed by atoms with Crippen molar-refractivity contribution in [3.63, 3.8) is 0 Å². The third-order valence-corrected chi connectivity index (χ3v) is 3.15. The molecule has 0 saturated heterocycles. The molecule has 0 fully saturated rings. The van der Waals surface area contributed by atoms with Crippen LogP contribution in [0.25, 0.3) is 0 Å². The number of benzene rings is 2. The Balaban J connectivity index is 2.06. The van der Waals surface area contributed by atoms with Crippen LogP contribution in [0.2, 0.25) is 5.02 Å². The van der Waals surface area contributed by atoms with Crippen molar-refractivity contribution in [1.82, 2.24) is 5.32 Å². The number of hydrogen-bond acceptors (Lipinski definition) is 1. The molecular formula is C16H18ClN. The predicted molar refractivity (Wildman–Crippen MR) is 77.9 cm³/mol. The van der Waals surface area contributed by atoms with E-state index in [9.17, 15) is 0 Å². The molecule has 0 aliphatic rings. The van der Waals surface area contributed by atoms with Crippen LogP contribution >= 0.6 is 11.6 Å². The van der Waals surface area contributed by atoms with Crippen LogP contribution < -0.4 is 5.32 Å². The first-order valence-electron chi connectivity index (χ1n) is 7.47. The quantitative estimate of drug-likeness (QED) is 0.857. The lowest BCUT2D eigenvalue weighted by Gasteiger charge is -2.14. The Kier molecular flexibility index (Phi) is 3.51. The fourth-order valence-corrected chi connectivity index (χ4v) is 2.00. The van der Waals surface area contributed by atoms with E-state index in [0.29, 0.717) is 18.0 Å². The Morgan fingerprint density at radius 3 is 2.56 bits per heavy atom. The van der Waals surface area contributed by atoms with E-state index in [0.717, 1.165) is 11.1 Å². The van der Waals surface area contributed by atoms with E-state index < -0.39 is 12.9 Å². The first-order valence-corrected chi connectivity index (χ1v) is 6.35. The summed E-state index contributed by atoms with van der Waals surface area (Å²) >= 11 is 6.10. The van der Waals surface area contributed by atoms with Gasteiger partial charge >= 0.3 is 0 Å². The fourth-order valence-electron chi connectivity index (χ4n) is 1.80. The molecule has 1 nitrogen and oxygen atoms in total. The van der Waals surface area contributed by atoms with Crippen molar-refractivity contribution in [3.8, 4) is 0 Å². The summed E-state index contributed by atoms with van der Waals surface area (Å²) in [6, 6.07) is 16.5. The molecule has 2 aromatic carbocycles. The minimum Gasteiger partial charge on any atom is -0.310 e. The van der Waals surface area contributed by atoms with E-state index in [1.54, 1.807) is 6.07 Å². The molecule has 0 heterocycles. The van der Waals surface area contributed by atoms with Gasteiger partial charge < -0.3 is 5.32 Å². The van der Waals surface area contributed by atoms with Crippen LogP contribution in [0.15, 0.2) is 54.6 Å². The van der Waals surface area contributed by atoms with Crippen molar-refractivity contribution < 1.29 is 4.11 Å². The molecule has 0 bridgehead atoms. The highest BCUT2D eigenvalue weighted by Crippen LogP contribution is 2.14. The summed E-state index contributed by atoms with van der Waals surface area (Å²) < 4.78 is 23.1. The Hall–Kier alpha value is -1.31. The standard InChI is InChI=1S/C16H18ClN/c1-13(11-14-7-3-2-4-8-14)18-12-15-9-5-6-10-16(15)17/h2-10,13,18H,11-12H2,1H3/t13-/m1/s1/i1D3. The normalized spacial score (nSPS) is 15.5. The van der Waals surface area contributed by atoms with E-state index in [1.165, 1.54) is 0 Å². The molecule has 0 amide bonds. The molecule has 2 heteroatoms. The number of rotatable bonds is 5. The summed E-state index contributed by atoms with van der Waals surface area (Å²) in [6.07, 6.45) is 0.460. The number of nitrogens with one attached hydrogen (secondary N) is 1. The zero-order chi connectivity index (χ0) is 15.3. The Bertz CT molecular complexity index is 569. The molecule has 0 radical (unpaired) electrons. The van der Waals surface area contributed by atoms with Gasteiger partial charge in [-0.15, -0.1) is 0 Å². The lowest BCUT2D eigenvalue weighted by molar-refractivity contribution is 0.545. The maximum atomic E-state index is 7.70. The lowest BCUT2D eigenvalue weighted by Crippen LogP contribution is -2.27. The number of halogens is 1. The molecule has 0 saturated carbocycles. The molecule has 0 unspecified atom stereocenters. The van der Waals surface area contributed by atoms with E-state index in [1.807, 2.05) is 48.5 Å². The van der Waals surface area contributed by atoms with Crippen LogP contribution in [0.3, 0.4) is 0 Å². The van der Waals surface area contributed by atoms with Gasteiger partial charge in [0.25, 0.3) is 0 Å². The molecule has 18 heavy (non-hydrogen) atoms. The van der Waals surface area contributed by atoms with Crippen molar-refractivity contribution in [2.75, 3.05) is 0 Å². The number of hydrogen-bond donors (Lipinski definition) is 1. The lowest BCUT2D eigenvalue weighted by atomic mass is 10.1. The molecule has 1 N–H and O–H groups in total. The Morgan fingerprint density at radius 2 is 1.83 bits per heavy atom. The SMILES string of the molecule is [2H]C([2H])([2H])[C@H](Cc1ccccc1)NCc1ccccc1Cl. The summed E-state index contributed by atoms with van der Waals surface area (Å²) in [6.45, 7) is -1.62. The Labute approximate surface area is 118 Å². The van der Waals surface area contributed by atoms with Crippen molar-refractivity contribution in [2.24, 2.45) is 0 Å². The maximum absolute atomic E-state index is 7.70. The van der Waals surface area contributed by atoms with Gasteiger partial charge in [-0.25, -0.2) is 0 Å². The van der Waals surface area contributed by atoms with Gasteiger partial charge in [0.05, 0.1) is 0 Å². The molecule has 0 aliphatic carbocycles. The Morgan fingerprint density at radius 1 is 1.11 bits per heavy atom. The monoisotopic (exact) mass is 262 g/mol. The molecule has 2 aromatic rings. The summed E-state index contributed by atoms with van der Waals surface area (Å²) in [7, 11) is 0. The van der Waals surface area contributed by atoms with Crippen molar-refractivity contribution in [3.05, 3.63) is 70.7 Å². The first-order chi connectivity index (χ1) is 9.97. The van der Waals surface area contributed by atoms with E-state index in [4.69, 9.17) is 15.7 Å². The van der Waals surface area contributed by atoms with E-state index in [-0.39, 0.29) is 0 Å². The van der Waals surface area contributed by atoms with Crippen LogP contribution in [-0.4, -0.2) is 6.04 Å². The molecule has 1 atom stereocenters. The second kappa shape index (κ2) is 6.58. The van der Waals surface area contributed by atoms with Gasteiger partial charge in [-0.3, -0.25) is 0 Å². The van der Waals surface area contributed by atoms with Crippen molar-refractivity contribution >= 4 is 11.6 Å². The van der Waals surface area contributed by atoms with Crippen LogP contribution in [-0.2, 0) is 13.0 Å². The van der Waals surface area contributed by atoms with E-state index >= 15 is 0 Å². The molecule has 94 valence electrons. The van der Waals surface area contributed by atoms with Gasteiger partial charge in [0.15, 0.2) is 0 Å². The van der Waals surface area contributed by atoms with Gasteiger partial charge in [0.1, 0.15) is 0 Å². The molecule has 2 rings (SSSR count). The smallest absolute Gasteiger partial charge is 0.0450 e. The van der Waals surface area contributed by atoms with Crippen LogP contribution in [0.5, 0.6) is 0 Å². The minimum atomic E-state index is -2.06. The fraction of sp³-hybridized carbons (Fsp3) is 0.250. The van der Waals surface area contributed by atoms with Gasteiger partial charge in [-0.2, -0.15) is 0 Å². The van der Waals surface area contributed by atoms with Crippen LogP contribution in [0.1, 0.15) is 22.1 Å². The average Bonchev–Trinajstić information content (AvgIpc) is 2.45. The van der Waals surface area contributed by atoms with Crippen LogP contribution in [0.4, 0.5) is 0 Å². The summed E-state index contributed by atoms with van der Waals surface area (Å²) in [4.78, 5) is 0. The summed E-state index contributed by atoms with van der Waals surface area (Å²) in [5, 5.41) is 3.77. The van der Waals surface area contributed by atoms with Crippen molar-refractivity contribution in [2.45, 2.75) is 25.9 Å². The maximum Gasteiger partial charge on any atom is 0.0450 e. The average molecular weight is 263 g/mol. The molecular weight excluding hydrogens is 242 g/mol. The largest absolute Gasteiger partial charge is 0.310 e. The van der Waals surface area contributed by atoms with Crippen molar-refractivity contribution in [1.29, 1.82) is 0 Å². The van der Waals surface area contributed by atoms with Gasteiger partial charge in [0.2, 0.25) is 0 Å². The second-order valence-corrected chi connectivity index (χ2v) is 4.62. The predicted octanol–water partition coefficient (Wildman–Crippen LogP) is 4.06. The van der Waals surface area contributed by atoms with Gasteiger partial charge in [-0.05, 0) is 30.5 Å². The van der Waals surface area contributed by atoms with Crippen LogP contribution in [0, 0.1) is 0 Å². The molecule has 0 aromatic heterocycles. The zero-order valence-corrected chi connectivity index (χ0v) is 10.8. The molecule has 0 aliphatic heterocycles.